The van der Waals surface area contributed by atoms with E-state index in [1.165, 1.54) is 22.3 Å². The van der Waals surface area contributed by atoms with Crippen molar-refractivity contribution in [3.05, 3.63) is 15.9 Å². The summed E-state index contributed by atoms with van der Waals surface area (Å²) in [6.45, 7) is 9.77. The van der Waals surface area contributed by atoms with Gasteiger partial charge in [0.25, 0.3) is 0 Å². The number of halogens is 2. The molecule has 1 aromatic rings. The molecule has 2 atom stereocenters. The summed E-state index contributed by atoms with van der Waals surface area (Å²) in [7, 11) is 0. The van der Waals surface area contributed by atoms with Gasteiger partial charge < -0.3 is 0 Å². The van der Waals surface area contributed by atoms with Gasteiger partial charge in [-0.15, -0.1) is 0 Å². The lowest BCUT2D eigenvalue weighted by atomic mass is 10.00. The van der Waals surface area contributed by atoms with Gasteiger partial charge in [0.1, 0.15) is 0 Å². The lowest BCUT2D eigenvalue weighted by molar-refractivity contribution is 0.508. The summed E-state index contributed by atoms with van der Waals surface area (Å²) in [4.78, 5) is 0.583. The predicted molar refractivity (Wildman–Crippen MR) is 80.9 cm³/mol. The van der Waals surface area contributed by atoms with Crippen molar-refractivity contribution in [2.45, 2.75) is 58.3 Å². The van der Waals surface area contributed by atoms with Crippen LogP contribution in [0.25, 0.3) is 0 Å². The maximum absolute atomic E-state index is 4.64. The molecule has 0 radical (unpaired) electrons. The van der Waals surface area contributed by atoms with Gasteiger partial charge in [0.2, 0.25) is 0 Å². The van der Waals surface area contributed by atoms with E-state index in [-0.39, 0.29) is 0 Å². The standard InChI is InChI=1S/C13H22Br2N2/c1-5-10(14)9(4)8-12-13(15)11(6-2)16-17(12)7-3/h9-10H,5-8H2,1-4H3. The fourth-order valence-corrected chi connectivity index (χ4v) is 2.96. The van der Waals surface area contributed by atoms with Crippen molar-refractivity contribution < 1.29 is 0 Å². The van der Waals surface area contributed by atoms with Gasteiger partial charge in [-0.2, -0.15) is 5.10 Å². The van der Waals surface area contributed by atoms with Gasteiger partial charge in [-0.3, -0.25) is 4.68 Å². The van der Waals surface area contributed by atoms with Crippen molar-refractivity contribution >= 4 is 31.9 Å². The second kappa shape index (κ2) is 6.93. The zero-order valence-electron chi connectivity index (χ0n) is 11.1. The van der Waals surface area contributed by atoms with E-state index < -0.39 is 0 Å². The molecule has 0 saturated carbocycles. The van der Waals surface area contributed by atoms with Crippen LogP contribution in [-0.2, 0) is 19.4 Å². The molecule has 98 valence electrons. The van der Waals surface area contributed by atoms with E-state index in [9.17, 15) is 0 Å². The van der Waals surface area contributed by atoms with Crippen LogP contribution in [0, 0.1) is 5.92 Å². The van der Waals surface area contributed by atoms with Gasteiger partial charge >= 0.3 is 0 Å². The molecule has 0 N–H and O–H groups in total. The first kappa shape index (κ1) is 15.2. The predicted octanol–water partition coefficient (Wildman–Crippen LogP) is 4.58. The van der Waals surface area contributed by atoms with E-state index in [4.69, 9.17) is 0 Å². The van der Waals surface area contributed by atoms with Crippen molar-refractivity contribution in [1.29, 1.82) is 0 Å². The van der Waals surface area contributed by atoms with Crippen LogP contribution in [0.1, 0.15) is 45.5 Å². The molecular formula is C13H22Br2N2. The first-order valence-electron chi connectivity index (χ1n) is 6.43. The summed E-state index contributed by atoms with van der Waals surface area (Å²) < 4.78 is 3.35. The topological polar surface area (TPSA) is 17.8 Å². The number of hydrogen-bond donors (Lipinski definition) is 0. The molecule has 4 heteroatoms. The molecule has 1 aromatic heterocycles. The van der Waals surface area contributed by atoms with Crippen molar-refractivity contribution in [3.63, 3.8) is 0 Å². The van der Waals surface area contributed by atoms with Crippen LogP contribution in [0.5, 0.6) is 0 Å². The molecule has 0 amide bonds. The minimum Gasteiger partial charge on any atom is -0.268 e. The monoisotopic (exact) mass is 364 g/mol. The van der Waals surface area contributed by atoms with E-state index in [0.29, 0.717) is 10.7 Å². The smallest absolute Gasteiger partial charge is 0.0766 e. The quantitative estimate of drug-likeness (QED) is 0.674. The lowest BCUT2D eigenvalue weighted by Gasteiger charge is -2.17. The maximum atomic E-state index is 4.64. The molecule has 1 rings (SSSR count). The molecule has 0 aliphatic heterocycles. The number of hydrogen-bond acceptors (Lipinski definition) is 1. The largest absolute Gasteiger partial charge is 0.268 e. The summed E-state index contributed by atoms with van der Waals surface area (Å²) in [6.07, 6.45) is 3.23. The van der Waals surface area contributed by atoms with Crippen molar-refractivity contribution in [2.75, 3.05) is 0 Å². The molecule has 1 heterocycles. The summed E-state index contributed by atoms with van der Waals surface area (Å²) in [5.41, 5.74) is 2.52. The maximum Gasteiger partial charge on any atom is 0.0766 e. The Kier molecular flexibility index (Phi) is 6.21. The Balaban J connectivity index is 2.92. The van der Waals surface area contributed by atoms with Crippen LogP contribution in [0.2, 0.25) is 0 Å². The average molecular weight is 366 g/mol. The normalized spacial score (nSPS) is 14.9. The van der Waals surface area contributed by atoms with Crippen LogP contribution in [0.4, 0.5) is 0 Å². The number of aryl methyl sites for hydroxylation is 2. The Bertz CT molecular complexity index is 361. The molecule has 0 aromatic carbocycles. The molecule has 17 heavy (non-hydrogen) atoms. The molecule has 0 bridgehead atoms. The zero-order valence-corrected chi connectivity index (χ0v) is 14.3. The second-order valence-electron chi connectivity index (χ2n) is 4.48. The van der Waals surface area contributed by atoms with E-state index in [2.05, 4.69) is 69.3 Å². The third-order valence-electron chi connectivity index (χ3n) is 3.22. The molecule has 0 aliphatic carbocycles. The van der Waals surface area contributed by atoms with Crippen molar-refractivity contribution in [1.82, 2.24) is 9.78 Å². The highest BCUT2D eigenvalue weighted by Gasteiger charge is 2.19. The number of alkyl halides is 1. The van der Waals surface area contributed by atoms with Crippen molar-refractivity contribution in [3.8, 4) is 0 Å². The van der Waals surface area contributed by atoms with Gasteiger partial charge in [0, 0.05) is 11.4 Å². The van der Waals surface area contributed by atoms with Crippen LogP contribution < -0.4 is 0 Å². The SMILES string of the molecule is CCc1nn(CC)c(CC(C)C(Br)CC)c1Br. The summed E-state index contributed by atoms with van der Waals surface area (Å²) >= 11 is 7.45. The third-order valence-corrected chi connectivity index (χ3v) is 5.68. The van der Waals surface area contributed by atoms with E-state index >= 15 is 0 Å². The minimum absolute atomic E-state index is 0.583. The Morgan fingerprint density at radius 1 is 1.29 bits per heavy atom. The zero-order chi connectivity index (χ0) is 13.0. The molecule has 0 spiro atoms. The fourth-order valence-electron chi connectivity index (χ4n) is 2.05. The molecular weight excluding hydrogens is 344 g/mol. The fraction of sp³-hybridized carbons (Fsp3) is 0.769. The highest BCUT2D eigenvalue weighted by atomic mass is 79.9. The van der Waals surface area contributed by atoms with Gasteiger partial charge in [0.05, 0.1) is 15.9 Å². The van der Waals surface area contributed by atoms with Crippen LogP contribution in [-0.4, -0.2) is 14.6 Å². The highest BCUT2D eigenvalue weighted by Crippen LogP contribution is 2.27. The van der Waals surface area contributed by atoms with Crippen LogP contribution in [0.15, 0.2) is 4.47 Å². The van der Waals surface area contributed by atoms with E-state index in [0.717, 1.165) is 19.4 Å². The second-order valence-corrected chi connectivity index (χ2v) is 6.45. The molecule has 2 unspecified atom stereocenters. The average Bonchev–Trinajstić information content (AvgIpc) is 2.65. The lowest BCUT2D eigenvalue weighted by Crippen LogP contribution is -2.15. The summed E-state index contributed by atoms with van der Waals surface area (Å²) in [5.74, 6) is 0.628. The molecule has 2 nitrogen and oxygen atoms in total. The first-order valence-corrected chi connectivity index (χ1v) is 8.13. The van der Waals surface area contributed by atoms with E-state index in [1.807, 2.05) is 0 Å². The number of aromatic nitrogens is 2. The Labute approximate surface area is 121 Å². The Morgan fingerprint density at radius 2 is 1.94 bits per heavy atom. The molecule has 0 saturated heterocycles. The van der Waals surface area contributed by atoms with Crippen molar-refractivity contribution in [2.24, 2.45) is 5.92 Å². The summed E-state index contributed by atoms with van der Waals surface area (Å²) in [6, 6.07) is 0. The number of rotatable bonds is 6. The Morgan fingerprint density at radius 3 is 2.41 bits per heavy atom. The minimum atomic E-state index is 0.583. The molecule has 0 aliphatic rings. The van der Waals surface area contributed by atoms with Gasteiger partial charge in [-0.1, -0.05) is 36.7 Å². The van der Waals surface area contributed by atoms with Gasteiger partial charge in [-0.25, -0.2) is 0 Å². The first-order chi connectivity index (χ1) is 8.04. The Hall–Kier alpha value is 0.170. The van der Waals surface area contributed by atoms with Gasteiger partial charge in [0.15, 0.2) is 0 Å². The third kappa shape index (κ3) is 3.57. The highest BCUT2D eigenvalue weighted by molar-refractivity contribution is 9.10. The van der Waals surface area contributed by atoms with Crippen LogP contribution in [0.3, 0.4) is 0 Å². The van der Waals surface area contributed by atoms with Crippen LogP contribution >= 0.6 is 31.9 Å². The van der Waals surface area contributed by atoms with E-state index in [1.54, 1.807) is 0 Å². The molecule has 0 fully saturated rings. The summed E-state index contributed by atoms with van der Waals surface area (Å²) in [5, 5.41) is 4.64. The van der Waals surface area contributed by atoms with Gasteiger partial charge in [-0.05, 0) is 48.0 Å². The number of nitrogens with zero attached hydrogens (tertiary/aromatic N) is 2.